The summed E-state index contributed by atoms with van der Waals surface area (Å²) < 4.78 is 25.7. The van der Waals surface area contributed by atoms with E-state index in [1.165, 1.54) is 12.1 Å². The summed E-state index contributed by atoms with van der Waals surface area (Å²) in [6.45, 7) is 0.301. The van der Waals surface area contributed by atoms with E-state index in [0.29, 0.717) is 24.9 Å². The summed E-state index contributed by atoms with van der Waals surface area (Å²) in [4.78, 5) is 11.2. The Bertz CT molecular complexity index is 363. The van der Waals surface area contributed by atoms with Crippen molar-refractivity contribution in [3.63, 3.8) is 0 Å². The van der Waals surface area contributed by atoms with Crippen LogP contribution in [0.3, 0.4) is 0 Å². The van der Waals surface area contributed by atoms with Gasteiger partial charge in [-0.15, -0.1) is 0 Å². The Morgan fingerprint density at radius 3 is 2.47 bits per heavy atom. The predicted molar refractivity (Wildman–Crippen MR) is 59.4 cm³/mol. The molecule has 0 spiro atoms. The second-order valence-corrected chi connectivity index (χ2v) is 3.70. The van der Waals surface area contributed by atoms with Crippen LogP contribution in [0.4, 0.5) is 8.78 Å². The normalized spacial score (nSPS) is 10.3. The zero-order valence-corrected chi connectivity index (χ0v) is 9.38. The lowest BCUT2D eigenvalue weighted by atomic mass is 10.1. The van der Waals surface area contributed by atoms with Gasteiger partial charge < -0.3 is 10.4 Å². The number of hydrogen-bond acceptors (Lipinski definition) is 2. The van der Waals surface area contributed by atoms with Crippen molar-refractivity contribution in [3.05, 3.63) is 35.4 Å². The number of nitrogens with one attached hydrogen (secondary N) is 1. The molecule has 1 aromatic rings. The fraction of sp³-hybridized carbons (Fsp3) is 0.417. The molecule has 0 fully saturated rings. The number of benzene rings is 1. The number of hydrogen-bond donors (Lipinski definition) is 2. The molecule has 0 saturated carbocycles. The van der Waals surface area contributed by atoms with Crippen molar-refractivity contribution in [1.29, 1.82) is 0 Å². The van der Waals surface area contributed by atoms with Gasteiger partial charge >= 0.3 is 0 Å². The van der Waals surface area contributed by atoms with Crippen LogP contribution >= 0.6 is 0 Å². The van der Waals surface area contributed by atoms with Crippen molar-refractivity contribution in [2.24, 2.45) is 0 Å². The van der Waals surface area contributed by atoms with Gasteiger partial charge in [0.1, 0.15) is 11.6 Å². The Balaban J connectivity index is 2.33. The Hall–Kier alpha value is -1.49. The van der Waals surface area contributed by atoms with Crippen molar-refractivity contribution >= 4 is 5.91 Å². The van der Waals surface area contributed by atoms with E-state index in [1.807, 2.05) is 0 Å². The Labute approximate surface area is 98.5 Å². The first-order valence-electron chi connectivity index (χ1n) is 5.44. The van der Waals surface area contributed by atoms with Crippen LogP contribution in [0.25, 0.3) is 0 Å². The molecule has 0 aliphatic rings. The van der Waals surface area contributed by atoms with Crippen molar-refractivity contribution in [2.45, 2.75) is 19.3 Å². The minimum atomic E-state index is -0.619. The van der Waals surface area contributed by atoms with Gasteiger partial charge in [0.05, 0.1) is 0 Å². The summed E-state index contributed by atoms with van der Waals surface area (Å²) in [5.74, 6) is -1.41. The molecule has 94 valence electrons. The van der Waals surface area contributed by atoms with Crippen molar-refractivity contribution in [3.8, 4) is 0 Å². The minimum absolute atomic E-state index is 0.0253. The van der Waals surface area contributed by atoms with Crippen molar-refractivity contribution < 1.29 is 18.7 Å². The Morgan fingerprint density at radius 1 is 1.24 bits per heavy atom. The number of carbonyl (C=O) groups is 1. The van der Waals surface area contributed by atoms with E-state index < -0.39 is 11.6 Å². The molecular weight excluding hydrogens is 228 g/mol. The van der Waals surface area contributed by atoms with Crippen LogP contribution in [0.1, 0.15) is 18.4 Å². The van der Waals surface area contributed by atoms with E-state index in [1.54, 1.807) is 0 Å². The molecule has 3 nitrogen and oxygen atoms in total. The summed E-state index contributed by atoms with van der Waals surface area (Å²) in [6.07, 6.45) is 1.05. The number of amides is 1. The lowest BCUT2D eigenvalue weighted by molar-refractivity contribution is -0.121. The van der Waals surface area contributed by atoms with Gasteiger partial charge in [-0.25, -0.2) is 8.78 Å². The highest BCUT2D eigenvalue weighted by Crippen LogP contribution is 2.08. The second-order valence-electron chi connectivity index (χ2n) is 3.70. The number of halogens is 2. The topological polar surface area (TPSA) is 49.3 Å². The smallest absolute Gasteiger partial charge is 0.220 e. The molecule has 1 amide bonds. The molecule has 5 heteroatoms. The van der Waals surface area contributed by atoms with Crippen LogP contribution in [0.15, 0.2) is 18.2 Å². The average Bonchev–Trinajstić information content (AvgIpc) is 2.25. The molecule has 17 heavy (non-hydrogen) atoms. The average molecular weight is 243 g/mol. The first kappa shape index (κ1) is 13.6. The number of aliphatic hydroxyl groups is 1. The second kappa shape index (κ2) is 6.96. The molecule has 0 saturated heterocycles. The van der Waals surface area contributed by atoms with Crippen molar-refractivity contribution in [1.82, 2.24) is 5.32 Å². The lowest BCUT2D eigenvalue weighted by Gasteiger charge is -2.05. The number of aliphatic hydroxyl groups excluding tert-OH is 1. The molecule has 1 aromatic carbocycles. The third-order valence-electron chi connectivity index (χ3n) is 2.22. The standard InChI is InChI=1S/C12H15F2NO2/c13-10-6-9(7-11(14)8-10)3-4-15-12(17)2-1-5-16/h6-8,16H,1-5H2,(H,15,17). The Kier molecular flexibility index (Phi) is 5.56. The van der Waals surface area contributed by atoms with E-state index >= 15 is 0 Å². The first-order chi connectivity index (χ1) is 8.11. The van der Waals surface area contributed by atoms with Crippen LogP contribution < -0.4 is 5.32 Å². The molecule has 2 N–H and O–H groups in total. The molecule has 0 radical (unpaired) electrons. The Morgan fingerprint density at radius 2 is 1.88 bits per heavy atom. The molecule has 0 bridgehead atoms. The van der Waals surface area contributed by atoms with Gasteiger partial charge in [-0.3, -0.25) is 4.79 Å². The van der Waals surface area contributed by atoms with E-state index in [0.717, 1.165) is 6.07 Å². The molecule has 0 unspecified atom stereocenters. The lowest BCUT2D eigenvalue weighted by Crippen LogP contribution is -2.25. The minimum Gasteiger partial charge on any atom is -0.396 e. The molecule has 0 atom stereocenters. The maximum atomic E-state index is 12.8. The first-order valence-corrected chi connectivity index (χ1v) is 5.44. The maximum Gasteiger partial charge on any atom is 0.220 e. The van der Waals surface area contributed by atoms with E-state index in [-0.39, 0.29) is 18.9 Å². The predicted octanol–water partition coefficient (Wildman–Crippen LogP) is 1.40. The monoisotopic (exact) mass is 243 g/mol. The summed E-state index contributed by atoms with van der Waals surface area (Å²) >= 11 is 0. The quantitative estimate of drug-likeness (QED) is 0.793. The van der Waals surface area contributed by atoms with Crippen LogP contribution in [0.2, 0.25) is 0 Å². The summed E-state index contributed by atoms with van der Waals surface area (Å²) in [5.41, 5.74) is 0.505. The molecule has 1 rings (SSSR count). The van der Waals surface area contributed by atoms with Crippen LogP contribution in [0, 0.1) is 11.6 Å². The maximum absolute atomic E-state index is 12.8. The van der Waals surface area contributed by atoms with Crippen LogP contribution in [0.5, 0.6) is 0 Å². The zero-order chi connectivity index (χ0) is 12.7. The largest absolute Gasteiger partial charge is 0.396 e. The van der Waals surface area contributed by atoms with Gasteiger partial charge in [-0.05, 0) is 30.5 Å². The van der Waals surface area contributed by atoms with Gasteiger partial charge in [-0.1, -0.05) is 0 Å². The summed E-state index contributed by atoms with van der Waals surface area (Å²) in [5, 5.41) is 11.1. The molecule has 0 aliphatic heterocycles. The van der Waals surface area contributed by atoms with Crippen molar-refractivity contribution in [2.75, 3.05) is 13.2 Å². The van der Waals surface area contributed by atoms with E-state index in [2.05, 4.69) is 5.32 Å². The highest BCUT2D eigenvalue weighted by atomic mass is 19.1. The van der Waals surface area contributed by atoms with Gasteiger partial charge in [0, 0.05) is 25.6 Å². The number of carbonyl (C=O) groups excluding carboxylic acids is 1. The van der Waals surface area contributed by atoms with Crippen LogP contribution in [-0.4, -0.2) is 24.2 Å². The SMILES string of the molecule is O=C(CCCO)NCCc1cc(F)cc(F)c1. The molecule has 0 aliphatic carbocycles. The summed E-state index contributed by atoms with van der Waals surface area (Å²) in [7, 11) is 0. The third kappa shape index (κ3) is 5.40. The van der Waals surface area contributed by atoms with Crippen LogP contribution in [-0.2, 0) is 11.2 Å². The number of rotatable bonds is 6. The van der Waals surface area contributed by atoms with Gasteiger partial charge in [-0.2, -0.15) is 0 Å². The molecule has 0 aromatic heterocycles. The fourth-order valence-corrected chi connectivity index (χ4v) is 1.43. The third-order valence-corrected chi connectivity index (χ3v) is 2.22. The zero-order valence-electron chi connectivity index (χ0n) is 9.38. The van der Waals surface area contributed by atoms with E-state index in [4.69, 9.17) is 5.11 Å². The fourth-order valence-electron chi connectivity index (χ4n) is 1.43. The van der Waals surface area contributed by atoms with E-state index in [9.17, 15) is 13.6 Å². The summed E-state index contributed by atoms with van der Waals surface area (Å²) in [6, 6.07) is 3.29. The molecular formula is C12H15F2NO2. The van der Waals surface area contributed by atoms with Gasteiger partial charge in [0.15, 0.2) is 0 Å². The molecule has 0 heterocycles. The highest BCUT2D eigenvalue weighted by Gasteiger charge is 2.02. The highest BCUT2D eigenvalue weighted by molar-refractivity contribution is 5.75. The van der Waals surface area contributed by atoms with Gasteiger partial charge in [0.2, 0.25) is 5.91 Å². The van der Waals surface area contributed by atoms with Gasteiger partial charge in [0.25, 0.3) is 0 Å².